The van der Waals surface area contributed by atoms with Crippen LogP contribution >= 0.6 is 11.6 Å². The van der Waals surface area contributed by atoms with Crippen molar-refractivity contribution in [3.63, 3.8) is 0 Å². The summed E-state index contributed by atoms with van der Waals surface area (Å²) in [6.45, 7) is -1.88. The van der Waals surface area contributed by atoms with E-state index in [1.54, 1.807) is 0 Å². The Labute approximate surface area is 123 Å². The van der Waals surface area contributed by atoms with Gasteiger partial charge >= 0.3 is 12.3 Å². The first-order valence-electron chi connectivity index (χ1n) is 6.21. The normalized spacial score (nSPS) is 14.9. The van der Waals surface area contributed by atoms with Crippen LogP contribution in [0.3, 0.4) is 0 Å². The minimum Gasteiger partial charge on any atom is -0.440 e. The number of nitrogens with zero attached hydrogens (tertiary/aromatic N) is 1. The van der Waals surface area contributed by atoms with E-state index in [-0.39, 0.29) is 23.2 Å². The van der Waals surface area contributed by atoms with Crippen LogP contribution in [0.5, 0.6) is 0 Å². The van der Waals surface area contributed by atoms with Crippen LogP contribution in [0.2, 0.25) is 5.02 Å². The molecule has 2 rings (SSSR count). The van der Waals surface area contributed by atoms with Crippen molar-refractivity contribution in [3.8, 4) is 0 Å². The maximum absolute atomic E-state index is 13.7. The van der Waals surface area contributed by atoms with E-state index in [2.05, 4.69) is 4.74 Å². The fourth-order valence-corrected chi connectivity index (χ4v) is 2.03. The van der Waals surface area contributed by atoms with Crippen molar-refractivity contribution >= 4 is 17.7 Å². The Kier molecular flexibility index (Phi) is 4.61. The zero-order chi connectivity index (χ0) is 15.6. The third-order valence-electron chi connectivity index (χ3n) is 2.97. The van der Waals surface area contributed by atoms with Gasteiger partial charge in [-0.05, 0) is 25.0 Å². The van der Waals surface area contributed by atoms with Gasteiger partial charge in [-0.25, -0.2) is 9.18 Å². The molecule has 1 fully saturated rings. The number of carbonyl (C=O) groups is 1. The number of carbonyl (C=O) groups excluding carboxylic acids is 1. The molecule has 0 bridgehead atoms. The lowest BCUT2D eigenvalue weighted by Gasteiger charge is -2.23. The fourth-order valence-electron chi connectivity index (χ4n) is 1.81. The second-order valence-electron chi connectivity index (χ2n) is 4.73. The first-order chi connectivity index (χ1) is 9.78. The maximum atomic E-state index is 13.7. The average molecular weight is 326 g/mol. The van der Waals surface area contributed by atoms with Gasteiger partial charge in [-0.2, -0.15) is 13.2 Å². The van der Waals surface area contributed by atoms with Gasteiger partial charge in [-0.1, -0.05) is 17.7 Å². The predicted octanol–water partition coefficient (Wildman–Crippen LogP) is 4.14. The van der Waals surface area contributed by atoms with Crippen LogP contribution in [0, 0.1) is 5.82 Å². The topological polar surface area (TPSA) is 29.5 Å². The summed E-state index contributed by atoms with van der Waals surface area (Å²) in [5, 5.41) is 0.115. The van der Waals surface area contributed by atoms with Gasteiger partial charge in [0.2, 0.25) is 0 Å². The van der Waals surface area contributed by atoms with Crippen LogP contribution in [0.25, 0.3) is 0 Å². The Morgan fingerprint density at radius 1 is 1.38 bits per heavy atom. The van der Waals surface area contributed by atoms with E-state index < -0.39 is 24.7 Å². The molecule has 0 N–H and O–H groups in total. The van der Waals surface area contributed by atoms with Crippen molar-refractivity contribution in [2.24, 2.45) is 0 Å². The number of alkyl halides is 3. The summed E-state index contributed by atoms with van der Waals surface area (Å²) in [5.74, 6) is -0.614. The SMILES string of the molecule is O=C(OCC(F)(F)F)N(Cc1c(F)cccc1Cl)C1CC1. The lowest BCUT2D eigenvalue weighted by molar-refractivity contribution is -0.162. The molecule has 21 heavy (non-hydrogen) atoms. The summed E-state index contributed by atoms with van der Waals surface area (Å²) < 4.78 is 54.1. The van der Waals surface area contributed by atoms with Gasteiger partial charge in [-0.3, -0.25) is 0 Å². The van der Waals surface area contributed by atoms with Crippen LogP contribution in [0.4, 0.5) is 22.4 Å². The summed E-state index contributed by atoms with van der Waals surface area (Å²) in [4.78, 5) is 12.8. The van der Waals surface area contributed by atoms with Crippen molar-refractivity contribution in [1.29, 1.82) is 0 Å². The molecule has 0 atom stereocenters. The molecular weight excluding hydrogens is 314 g/mol. The molecule has 1 aromatic rings. The summed E-state index contributed by atoms with van der Waals surface area (Å²) in [7, 11) is 0. The van der Waals surface area contributed by atoms with E-state index >= 15 is 0 Å². The smallest absolute Gasteiger partial charge is 0.422 e. The number of ether oxygens (including phenoxy) is 1. The van der Waals surface area contributed by atoms with Gasteiger partial charge in [-0.15, -0.1) is 0 Å². The second-order valence-corrected chi connectivity index (χ2v) is 5.14. The van der Waals surface area contributed by atoms with Crippen LogP contribution in [-0.4, -0.2) is 29.8 Å². The Morgan fingerprint density at radius 3 is 2.57 bits per heavy atom. The standard InChI is InChI=1S/C13H12ClF4NO2/c14-10-2-1-3-11(15)9(10)6-19(8-4-5-8)12(20)21-7-13(16,17)18/h1-3,8H,4-7H2. The van der Waals surface area contributed by atoms with E-state index in [0.717, 1.165) is 4.90 Å². The Hall–Kier alpha value is -1.50. The fraction of sp³-hybridized carbons (Fsp3) is 0.462. The molecule has 1 aliphatic carbocycles. The molecule has 0 radical (unpaired) electrons. The highest BCUT2D eigenvalue weighted by Gasteiger charge is 2.37. The van der Waals surface area contributed by atoms with Crippen molar-refractivity contribution in [2.75, 3.05) is 6.61 Å². The highest BCUT2D eigenvalue weighted by atomic mass is 35.5. The Morgan fingerprint density at radius 2 is 2.05 bits per heavy atom. The number of halogens is 5. The Bertz CT molecular complexity index is 511. The van der Waals surface area contributed by atoms with Gasteiger partial charge in [0.15, 0.2) is 6.61 Å². The minimum absolute atomic E-state index is 0.0648. The molecule has 1 aliphatic rings. The van der Waals surface area contributed by atoms with E-state index in [9.17, 15) is 22.4 Å². The van der Waals surface area contributed by atoms with E-state index in [1.165, 1.54) is 18.2 Å². The number of hydrogen-bond acceptors (Lipinski definition) is 2. The van der Waals surface area contributed by atoms with Crippen molar-refractivity contribution in [1.82, 2.24) is 4.90 Å². The monoisotopic (exact) mass is 325 g/mol. The second kappa shape index (κ2) is 6.09. The molecule has 1 amide bonds. The molecule has 0 unspecified atom stereocenters. The van der Waals surface area contributed by atoms with Crippen molar-refractivity contribution in [3.05, 3.63) is 34.6 Å². The highest BCUT2D eigenvalue weighted by Crippen LogP contribution is 2.31. The van der Waals surface area contributed by atoms with Gasteiger partial charge < -0.3 is 9.64 Å². The quantitative estimate of drug-likeness (QED) is 0.779. The van der Waals surface area contributed by atoms with Gasteiger partial charge in [0, 0.05) is 16.6 Å². The molecule has 1 aromatic carbocycles. The van der Waals surface area contributed by atoms with Crippen LogP contribution in [-0.2, 0) is 11.3 Å². The summed E-state index contributed by atoms with van der Waals surface area (Å²) >= 11 is 5.85. The van der Waals surface area contributed by atoms with E-state index in [1.807, 2.05) is 0 Å². The molecule has 0 saturated heterocycles. The van der Waals surface area contributed by atoms with Crippen molar-refractivity contribution in [2.45, 2.75) is 31.6 Å². The molecule has 0 heterocycles. The number of amides is 1. The van der Waals surface area contributed by atoms with E-state index in [4.69, 9.17) is 11.6 Å². The molecule has 1 saturated carbocycles. The Balaban J connectivity index is 2.08. The number of hydrogen-bond donors (Lipinski definition) is 0. The van der Waals surface area contributed by atoms with Gasteiger partial charge in [0.1, 0.15) is 5.82 Å². The minimum atomic E-state index is -4.60. The zero-order valence-corrected chi connectivity index (χ0v) is 11.5. The zero-order valence-electron chi connectivity index (χ0n) is 10.8. The largest absolute Gasteiger partial charge is 0.440 e. The molecule has 0 spiro atoms. The van der Waals surface area contributed by atoms with Crippen molar-refractivity contribution < 1.29 is 27.1 Å². The first-order valence-corrected chi connectivity index (χ1v) is 6.59. The molecule has 116 valence electrons. The predicted molar refractivity (Wildman–Crippen MR) is 67.4 cm³/mol. The van der Waals surface area contributed by atoms with Crippen LogP contribution in [0.15, 0.2) is 18.2 Å². The molecule has 8 heteroatoms. The summed E-state index contributed by atoms with van der Waals surface area (Å²) in [5.41, 5.74) is 0.0648. The molecule has 3 nitrogen and oxygen atoms in total. The summed E-state index contributed by atoms with van der Waals surface area (Å²) in [6.07, 6.45) is -4.42. The first kappa shape index (κ1) is 15.9. The number of rotatable bonds is 4. The molecular formula is C13H12ClF4NO2. The van der Waals surface area contributed by atoms with Gasteiger partial charge in [0.25, 0.3) is 0 Å². The van der Waals surface area contributed by atoms with Crippen LogP contribution in [0.1, 0.15) is 18.4 Å². The lowest BCUT2D eigenvalue weighted by atomic mass is 10.2. The highest BCUT2D eigenvalue weighted by molar-refractivity contribution is 6.31. The van der Waals surface area contributed by atoms with E-state index in [0.29, 0.717) is 12.8 Å². The molecule has 0 aliphatic heterocycles. The lowest BCUT2D eigenvalue weighted by Crippen LogP contribution is -2.35. The average Bonchev–Trinajstić information content (AvgIpc) is 3.19. The van der Waals surface area contributed by atoms with Gasteiger partial charge in [0.05, 0.1) is 6.54 Å². The third kappa shape index (κ3) is 4.49. The molecule has 0 aromatic heterocycles. The summed E-state index contributed by atoms with van der Waals surface area (Å²) in [6, 6.07) is 3.80. The number of benzene rings is 1. The maximum Gasteiger partial charge on any atom is 0.422 e. The van der Waals surface area contributed by atoms with Crippen LogP contribution < -0.4 is 0 Å². The third-order valence-corrected chi connectivity index (χ3v) is 3.33.